The largest absolute Gasteiger partial charge is 0.352 e. The normalized spacial score (nSPS) is 14.7. The maximum absolute atomic E-state index is 13.1. The Labute approximate surface area is 143 Å². The lowest BCUT2D eigenvalue weighted by Crippen LogP contribution is -2.29. The molecular formula is C17H19F2N3OS. The summed E-state index contributed by atoms with van der Waals surface area (Å²) < 4.78 is 26.0. The van der Waals surface area contributed by atoms with Crippen molar-refractivity contribution in [2.75, 3.05) is 24.5 Å². The van der Waals surface area contributed by atoms with Crippen LogP contribution in [0.15, 0.2) is 23.6 Å². The molecule has 1 aliphatic rings. The molecule has 1 aliphatic heterocycles. The van der Waals surface area contributed by atoms with Crippen LogP contribution in [0.1, 0.15) is 35.3 Å². The molecule has 0 spiro atoms. The Morgan fingerprint density at radius 3 is 2.75 bits per heavy atom. The standard InChI is InChI=1S/C17H19F2N3OS/c18-14-5-4-12(10-15(14)19)16(23)20-7-6-13-11-24-17(21-13)22-8-2-1-3-9-22/h4-5,10-11H,1-3,6-9H2,(H,20,23). The van der Waals surface area contributed by atoms with Gasteiger partial charge in [-0.25, -0.2) is 13.8 Å². The number of nitrogens with one attached hydrogen (secondary N) is 1. The van der Waals surface area contributed by atoms with Gasteiger partial charge in [0, 0.05) is 37.0 Å². The molecule has 3 rings (SSSR count). The van der Waals surface area contributed by atoms with Crippen molar-refractivity contribution in [3.63, 3.8) is 0 Å². The highest BCUT2D eigenvalue weighted by Crippen LogP contribution is 2.24. The molecule has 0 aliphatic carbocycles. The number of benzene rings is 1. The second-order valence-corrected chi connectivity index (χ2v) is 6.64. The van der Waals surface area contributed by atoms with E-state index in [1.165, 1.54) is 25.3 Å². The maximum Gasteiger partial charge on any atom is 0.251 e. The van der Waals surface area contributed by atoms with Crippen LogP contribution in [0, 0.1) is 11.6 Å². The Bertz CT molecular complexity index is 714. The lowest BCUT2D eigenvalue weighted by atomic mass is 10.1. The average Bonchev–Trinajstić information content (AvgIpc) is 3.07. The van der Waals surface area contributed by atoms with Crippen molar-refractivity contribution in [3.8, 4) is 0 Å². The Morgan fingerprint density at radius 1 is 1.21 bits per heavy atom. The number of hydrogen-bond donors (Lipinski definition) is 1. The quantitative estimate of drug-likeness (QED) is 0.898. The van der Waals surface area contributed by atoms with Gasteiger partial charge in [0.15, 0.2) is 16.8 Å². The number of rotatable bonds is 5. The zero-order valence-corrected chi connectivity index (χ0v) is 14.0. The monoisotopic (exact) mass is 351 g/mol. The van der Waals surface area contributed by atoms with Gasteiger partial charge in [0.2, 0.25) is 0 Å². The van der Waals surface area contributed by atoms with Gasteiger partial charge in [-0.2, -0.15) is 0 Å². The van der Waals surface area contributed by atoms with E-state index in [4.69, 9.17) is 0 Å². The molecule has 7 heteroatoms. The number of anilines is 1. The maximum atomic E-state index is 13.1. The summed E-state index contributed by atoms with van der Waals surface area (Å²) in [5.74, 6) is -2.40. The van der Waals surface area contributed by atoms with Gasteiger partial charge in [-0.3, -0.25) is 4.79 Å². The van der Waals surface area contributed by atoms with Gasteiger partial charge in [-0.05, 0) is 37.5 Å². The summed E-state index contributed by atoms with van der Waals surface area (Å²) in [5, 5.41) is 5.75. The molecule has 2 heterocycles. The Kier molecular flexibility index (Phi) is 5.40. The number of aromatic nitrogens is 1. The van der Waals surface area contributed by atoms with Crippen molar-refractivity contribution in [2.24, 2.45) is 0 Å². The van der Waals surface area contributed by atoms with Gasteiger partial charge in [0.1, 0.15) is 0 Å². The van der Waals surface area contributed by atoms with E-state index in [0.29, 0.717) is 13.0 Å². The van der Waals surface area contributed by atoms with Crippen LogP contribution in [0.3, 0.4) is 0 Å². The number of thiazole rings is 1. The van der Waals surface area contributed by atoms with Crippen LogP contribution in [-0.2, 0) is 6.42 Å². The molecule has 0 unspecified atom stereocenters. The molecule has 0 radical (unpaired) electrons. The lowest BCUT2D eigenvalue weighted by Gasteiger charge is -2.25. The molecule has 24 heavy (non-hydrogen) atoms. The fourth-order valence-electron chi connectivity index (χ4n) is 2.69. The van der Waals surface area contributed by atoms with Crippen LogP contribution in [0.25, 0.3) is 0 Å². The number of piperidine rings is 1. The summed E-state index contributed by atoms with van der Waals surface area (Å²) >= 11 is 1.63. The van der Waals surface area contributed by atoms with Crippen LogP contribution in [-0.4, -0.2) is 30.5 Å². The fourth-order valence-corrected chi connectivity index (χ4v) is 3.60. The van der Waals surface area contributed by atoms with E-state index in [1.54, 1.807) is 11.3 Å². The molecule has 1 amide bonds. The summed E-state index contributed by atoms with van der Waals surface area (Å²) in [6.45, 7) is 2.51. The zero-order chi connectivity index (χ0) is 16.9. The third-order valence-electron chi connectivity index (χ3n) is 4.01. The predicted octanol–water partition coefficient (Wildman–Crippen LogP) is 3.38. The van der Waals surface area contributed by atoms with E-state index in [9.17, 15) is 13.6 Å². The molecule has 2 aromatic rings. The van der Waals surface area contributed by atoms with Crippen molar-refractivity contribution in [1.82, 2.24) is 10.3 Å². The van der Waals surface area contributed by atoms with Gasteiger partial charge in [-0.1, -0.05) is 0 Å². The van der Waals surface area contributed by atoms with Crippen molar-refractivity contribution < 1.29 is 13.6 Å². The highest BCUT2D eigenvalue weighted by Gasteiger charge is 2.14. The smallest absolute Gasteiger partial charge is 0.251 e. The number of amides is 1. The molecule has 1 saturated heterocycles. The molecular weight excluding hydrogens is 332 g/mol. The highest BCUT2D eigenvalue weighted by atomic mass is 32.1. The first-order valence-electron chi connectivity index (χ1n) is 8.06. The summed E-state index contributed by atoms with van der Waals surface area (Å²) in [5.41, 5.74) is 1.05. The second-order valence-electron chi connectivity index (χ2n) is 5.80. The zero-order valence-electron chi connectivity index (χ0n) is 13.2. The number of carbonyl (C=O) groups is 1. The molecule has 1 fully saturated rings. The van der Waals surface area contributed by atoms with Gasteiger partial charge in [-0.15, -0.1) is 11.3 Å². The minimum Gasteiger partial charge on any atom is -0.352 e. The van der Waals surface area contributed by atoms with E-state index in [0.717, 1.165) is 36.0 Å². The van der Waals surface area contributed by atoms with Crippen LogP contribution in [0.5, 0.6) is 0 Å². The summed E-state index contributed by atoms with van der Waals surface area (Å²) in [4.78, 5) is 18.8. The molecule has 1 aromatic carbocycles. The molecule has 4 nitrogen and oxygen atoms in total. The predicted molar refractivity (Wildman–Crippen MR) is 90.6 cm³/mol. The van der Waals surface area contributed by atoms with Crippen molar-refractivity contribution >= 4 is 22.4 Å². The molecule has 1 aromatic heterocycles. The van der Waals surface area contributed by atoms with Crippen molar-refractivity contribution in [2.45, 2.75) is 25.7 Å². The number of halogens is 2. The first-order chi connectivity index (χ1) is 11.6. The summed E-state index contributed by atoms with van der Waals surface area (Å²) in [6, 6.07) is 3.13. The first-order valence-corrected chi connectivity index (χ1v) is 8.94. The molecule has 0 bridgehead atoms. The third-order valence-corrected chi connectivity index (χ3v) is 4.96. The fraction of sp³-hybridized carbons (Fsp3) is 0.412. The van der Waals surface area contributed by atoms with E-state index in [1.807, 2.05) is 5.38 Å². The molecule has 0 atom stereocenters. The van der Waals surface area contributed by atoms with Crippen LogP contribution < -0.4 is 10.2 Å². The average molecular weight is 351 g/mol. The number of hydrogen-bond acceptors (Lipinski definition) is 4. The Morgan fingerprint density at radius 2 is 2.00 bits per heavy atom. The highest BCUT2D eigenvalue weighted by molar-refractivity contribution is 7.13. The van der Waals surface area contributed by atoms with Crippen LogP contribution in [0.2, 0.25) is 0 Å². The van der Waals surface area contributed by atoms with Crippen LogP contribution >= 0.6 is 11.3 Å². The lowest BCUT2D eigenvalue weighted by molar-refractivity contribution is 0.0953. The second kappa shape index (κ2) is 7.70. The number of carbonyl (C=O) groups excluding carboxylic acids is 1. The van der Waals surface area contributed by atoms with Crippen molar-refractivity contribution in [3.05, 3.63) is 46.5 Å². The SMILES string of the molecule is O=C(NCCc1csc(N2CCCCC2)n1)c1ccc(F)c(F)c1. The topological polar surface area (TPSA) is 45.2 Å². The molecule has 128 valence electrons. The minimum absolute atomic E-state index is 0.112. The Balaban J connectivity index is 1.50. The van der Waals surface area contributed by atoms with Gasteiger partial charge >= 0.3 is 0 Å². The van der Waals surface area contributed by atoms with Gasteiger partial charge in [0.25, 0.3) is 5.91 Å². The van der Waals surface area contributed by atoms with E-state index in [2.05, 4.69) is 15.2 Å². The first kappa shape index (κ1) is 16.8. The summed E-state index contributed by atoms with van der Waals surface area (Å²) in [6.07, 6.45) is 4.31. The Hall–Kier alpha value is -2.02. The van der Waals surface area contributed by atoms with E-state index >= 15 is 0 Å². The van der Waals surface area contributed by atoms with Crippen molar-refractivity contribution in [1.29, 1.82) is 0 Å². The molecule has 0 saturated carbocycles. The third kappa shape index (κ3) is 4.08. The number of nitrogens with zero attached hydrogens (tertiary/aromatic N) is 2. The van der Waals surface area contributed by atoms with Crippen LogP contribution in [0.4, 0.5) is 13.9 Å². The van der Waals surface area contributed by atoms with Gasteiger partial charge < -0.3 is 10.2 Å². The summed E-state index contributed by atoms with van der Waals surface area (Å²) in [7, 11) is 0. The van der Waals surface area contributed by atoms with Gasteiger partial charge in [0.05, 0.1) is 5.69 Å². The minimum atomic E-state index is -1.02. The van der Waals surface area contributed by atoms with E-state index < -0.39 is 17.5 Å². The molecule has 1 N–H and O–H groups in total. The van der Waals surface area contributed by atoms with E-state index in [-0.39, 0.29) is 5.56 Å².